The molecule has 0 saturated heterocycles. The van der Waals surface area contributed by atoms with E-state index in [1.165, 1.54) is 32.1 Å². The van der Waals surface area contributed by atoms with Crippen molar-refractivity contribution in [3.05, 3.63) is 30.3 Å². The van der Waals surface area contributed by atoms with E-state index >= 15 is 0 Å². The molecule has 1 aliphatic rings. The Labute approximate surface area is 157 Å². The van der Waals surface area contributed by atoms with Crippen molar-refractivity contribution in [3.8, 4) is 0 Å². The van der Waals surface area contributed by atoms with E-state index in [2.05, 4.69) is 15.6 Å². The van der Waals surface area contributed by atoms with E-state index in [1.807, 2.05) is 0 Å². The van der Waals surface area contributed by atoms with Crippen molar-refractivity contribution in [3.63, 3.8) is 0 Å². The van der Waals surface area contributed by atoms with E-state index < -0.39 is 9.84 Å². The number of hydrogen-bond donors (Lipinski definition) is 2. The van der Waals surface area contributed by atoms with Crippen molar-refractivity contribution in [1.29, 1.82) is 0 Å². The van der Waals surface area contributed by atoms with Gasteiger partial charge in [-0.1, -0.05) is 37.5 Å². The molecule has 0 amide bonds. The van der Waals surface area contributed by atoms with E-state index in [1.54, 1.807) is 37.4 Å². The zero-order valence-electron chi connectivity index (χ0n) is 15.6. The monoisotopic (exact) mass is 381 g/mol. The van der Waals surface area contributed by atoms with Crippen LogP contribution in [0.4, 0.5) is 0 Å². The number of guanidine groups is 1. The molecule has 2 rings (SSSR count). The van der Waals surface area contributed by atoms with Crippen LogP contribution in [0, 0.1) is 0 Å². The Morgan fingerprint density at radius 2 is 1.81 bits per heavy atom. The molecule has 0 aliphatic heterocycles. The van der Waals surface area contributed by atoms with Crippen molar-refractivity contribution in [2.45, 2.75) is 49.5 Å². The number of ether oxygens (including phenoxy) is 1. The topological polar surface area (TPSA) is 79.8 Å². The third-order valence-corrected chi connectivity index (χ3v) is 6.24. The lowest BCUT2D eigenvalue weighted by atomic mass is 9.98. The second-order valence-electron chi connectivity index (χ2n) is 6.54. The smallest absolute Gasteiger partial charge is 0.191 e. The molecular formula is C19H31N3O3S. The summed E-state index contributed by atoms with van der Waals surface area (Å²) in [5.41, 5.74) is 0. The molecule has 0 heterocycles. The molecule has 0 radical (unpaired) electrons. The summed E-state index contributed by atoms with van der Waals surface area (Å²) >= 11 is 0. The SMILES string of the molecule is CN=C(NCCCOC1CCCCC1)NCCS(=O)(=O)c1ccccc1. The van der Waals surface area contributed by atoms with Gasteiger partial charge in [0.15, 0.2) is 15.8 Å². The van der Waals surface area contributed by atoms with Crippen LogP contribution in [-0.4, -0.2) is 53.0 Å². The summed E-state index contributed by atoms with van der Waals surface area (Å²) in [7, 11) is -1.59. The third-order valence-electron chi connectivity index (χ3n) is 4.51. The van der Waals surface area contributed by atoms with Gasteiger partial charge < -0.3 is 15.4 Å². The first-order valence-corrected chi connectivity index (χ1v) is 11.1. The van der Waals surface area contributed by atoms with Crippen LogP contribution in [0.25, 0.3) is 0 Å². The van der Waals surface area contributed by atoms with Gasteiger partial charge in [-0.2, -0.15) is 0 Å². The van der Waals surface area contributed by atoms with Gasteiger partial charge in [-0.15, -0.1) is 0 Å². The predicted octanol–water partition coefficient (Wildman–Crippen LogP) is 2.36. The summed E-state index contributed by atoms with van der Waals surface area (Å²) in [6.07, 6.45) is 7.61. The molecule has 0 aromatic heterocycles. The molecule has 26 heavy (non-hydrogen) atoms. The summed E-state index contributed by atoms with van der Waals surface area (Å²) in [5.74, 6) is 0.647. The molecule has 2 N–H and O–H groups in total. The number of benzene rings is 1. The first kappa shape index (κ1) is 20.7. The molecule has 0 spiro atoms. The minimum absolute atomic E-state index is 0.0303. The van der Waals surface area contributed by atoms with Crippen molar-refractivity contribution in [1.82, 2.24) is 10.6 Å². The second kappa shape index (κ2) is 11.2. The lowest BCUT2D eigenvalue weighted by Gasteiger charge is -2.22. The minimum Gasteiger partial charge on any atom is -0.378 e. The standard InChI is InChI=1S/C19H31N3O3S/c1-20-19(21-13-8-15-25-17-9-4-2-5-10-17)22-14-16-26(23,24)18-11-6-3-7-12-18/h3,6-7,11-12,17H,2,4-5,8-10,13-16H2,1H3,(H2,20,21,22). The van der Waals surface area contributed by atoms with Gasteiger partial charge in [0, 0.05) is 26.7 Å². The van der Waals surface area contributed by atoms with Crippen LogP contribution in [0.5, 0.6) is 0 Å². The highest BCUT2D eigenvalue weighted by Crippen LogP contribution is 2.20. The fourth-order valence-corrected chi connectivity index (χ4v) is 4.21. The van der Waals surface area contributed by atoms with E-state index in [0.29, 0.717) is 23.5 Å². The lowest BCUT2D eigenvalue weighted by molar-refractivity contribution is 0.0277. The molecule has 0 unspecified atom stereocenters. The summed E-state index contributed by atoms with van der Waals surface area (Å²) in [4.78, 5) is 4.48. The summed E-state index contributed by atoms with van der Waals surface area (Å²) in [6, 6.07) is 8.51. The van der Waals surface area contributed by atoms with Gasteiger partial charge in [-0.25, -0.2) is 8.42 Å². The Morgan fingerprint density at radius 1 is 1.12 bits per heavy atom. The van der Waals surface area contributed by atoms with Crippen LogP contribution >= 0.6 is 0 Å². The van der Waals surface area contributed by atoms with Gasteiger partial charge in [0.05, 0.1) is 16.8 Å². The molecule has 0 bridgehead atoms. The van der Waals surface area contributed by atoms with Crippen molar-refractivity contribution in [2.24, 2.45) is 4.99 Å². The predicted molar refractivity (Wildman–Crippen MR) is 105 cm³/mol. The highest BCUT2D eigenvalue weighted by molar-refractivity contribution is 7.91. The summed E-state index contributed by atoms with van der Waals surface area (Å²) < 4.78 is 30.4. The zero-order valence-corrected chi connectivity index (χ0v) is 16.4. The number of nitrogens with zero attached hydrogens (tertiary/aromatic N) is 1. The van der Waals surface area contributed by atoms with Crippen LogP contribution in [0.3, 0.4) is 0 Å². The van der Waals surface area contributed by atoms with Crippen molar-refractivity contribution < 1.29 is 13.2 Å². The van der Waals surface area contributed by atoms with Gasteiger partial charge in [-0.05, 0) is 31.4 Å². The average molecular weight is 382 g/mol. The van der Waals surface area contributed by atoms with E-state index in [-0.39, 0.29) is 5.75 Å². The van der Waals surface area contributed by atoms with Crippen molar-refractivity contribution in [2.75, 3.05) is 32.5 Å². The lowest BCUT2D eigenvalue weighted by Crippen LogP contribution is -2.40. The van der Waals surface area contributed by atoms with Gasteiger partial charge in [0.2, 0.25) is 0 Å². The first-order chi connectivity index (χ1) is 12.6. The fourth-order valence-electron chi connectivity index (χ4n) is 3.03. The number of hydrogen-bond acceptors (Lipinski definition) is 4. The van der Waals surface area contributed by atoms with Gasteiger partial charge >= 0.3 is 0 Å². The van der Waals surface area contributed by atoms with Crippen LogP contribution < -0.4 is 10.6 Å². The van der Waals surface area contributed by atoms with Crippen LogP contribution in [0.1, 0.15) is 38.5 Å². The molecule has 146 valence electrons. The molecule has 6 nitrogen and oxygen atoms in total. The Kier molecular flexibility index (Phi) is 8.91. The number of sulfone groups is 1. The van der Waals surface area contributed by atoms with Crippen molar-refractivity contribution >= 4 is 15.8 Å². The molecule has 0 atom stereocenters. The van der Waals surface area contributed by atoms with E-state index in [9.17, 15) is 8.42 Å². The average Bonchev–Trinajstić information content (AvgIpc) is 2.68. The first-order valence-electron chi connectivity index (χ1n) is 9.46. The summed E-state index contributed by atoms with van der Waals surface area (Å²) in [5, 5.41) is 6.25. The zero-order chi connectivity index (χ0) is 18.7. The van der Waals surface area contributed by atoms with E-state index in [0.717, 1.165) is 19.6 Å². The number of rotatable bonds is 9. The van der Waals surface area contributed by atoms with Crippen LogP contribution in [0.2, 0.25) is 0 Å². The maximum Gasteiger partial charge on any atom is 0.191 e. The molecular weight excluding hydrogens is 350 g/mol. The molecule has 1 aliphatic carbocycles. The molecule has 1 aromatic rings. The van der Waals surface area contributed by atoms with Gasteiger partial charge in [0.1, 0.15) is 0 Å². The highest BCUT2D eigenvalue weighted by Gasteiger charge is 2.14. The fraction of sp³-hybridized carbons (Fsp3) is 0.632. The van der Waals surface area contributed by atoms with E-state index in [4.69, 9.17) is 4.74 Å². The highest BCUT2D eigenvalue weighted by atomic mass is 32.2. The Hall–Kier alpha value is -1.60. The maximum atomic E-state index is 12.2. The van der Waals surface area contributed by atoms with Crippen LogP contribution in [0.15, 0.2) is 40.2 Å². The second-order valence-corrected chi connectivity index (χ2v) is 8.65. The van der Waals surface area contributed by atoms with Gasteiger partial charge in [-0.3, -0.25) is 4.99 Å². The number of nitrogens with one attached hydrogen (secondary N) is 2. The largest absolute Gasteiger partial charge is 0.378 e. The Balaban J connectivity index is 1.60. The molecule has 1 saturated carbocycles. The normalized spacial score (nSPS) is 16.4. The summed E-state index contributed by atoms with van der Waals surface area (Å²) in [6.45, 7) is 1.81. The quantitative estimate of drug-likeness (QED) is 0.390. The molecule has 7 heteroatoms. The Bertz CT molecular complexity index is 641. The molecule has 1 aromatic carbocycles. The number of aliphatic imine (C=N–C) groups is 1. The van der Waals surface area contributed by atoms with Crippen LogP contribution in [-0.2, 0) is 14.6 Å². The third kappa shape index (κ3) is 7.33. The Morgan fingerprint density at radius 3 is 2.50 bits per heavy atom. The minimum atomic E-state index is -3.27. The van der Waals surface area contributed by atoms with Gasteiger partial charge in [0.25, 0.3) is 0 Å². The maximum absolute atomic E-state index is 12.2. The molecule has 1 fully saturated rings.